The van der Waals surface area contributed by atoms with Gasteiger partial charge in [0.25, 0.3) is 0 Å². The summed E-state index contributed by atoms with van der Waals surface area (Å²) in [6, 6.07) is 11.7. The van der Waals surface area contributed by atoms with Gasteiger partial charge in [0.2, 0.25) is 10.0 Å². The Balaban J connectivity index is 1.76. The Morgan fingerprint density at radius 3 is 2.35 bits per heavy atom. The molecule has 0 radical (unpaired) electrons. The average molecular weight is 447 g/mol. The van der Waals surface area contributed by atoms with Crippen LogP contribution in [0.1, 0.15) is 54.4 Å². The summed E-state index contributed by atoms with van der Waals surface area (Å²) in [5.74, 6) is -0.380. The number of sulfonamides is 1. The quantitative estimate of drug-likeness (QED) is 0.502. The number of carboxylic acid groups (broad SMARTS) is 1. The van der Waals surface area contributed by atoms with Crippen LogP contribution in [0, 0.1) is 0 Å². The number of carboxylic acids is 1. The Morgan fingerprint density at radius 1 is 1.06 bits per heavy atom. The summed E-state index contributed by atoms with van der Waals surface area (Å²) in [4.78, 5) is 11.4. The molecule has 3 N–H and O–H groups in total. The summed E-state index contributed by atoms with van der Waals surface area (Å²) in [6.07, 6.45) is 6.51. The van der Waals surface area contributed by atoms with E-state index >= 15 is 0 Å². The lowest BCUT2D eigenvalue weighted by molar-refractivity contribution is 0.0696. The first-order valence-electron chi connectivity index (χ1n) is 10.7. The lowest BCUT2D eigenvalue weighted by atomic mass is 10.1. The highest BCUT2D eigenvalue weighted by Gasteiger charge is 2.25. The lowest BCUT2D eigenvalue weighted by Gasteiger charge is -2.19. The van der Waals surface area contributed by atoms with Gasteiger partial charge < -0.3 is 15.2 Å². The van der Waals surface area contributed by atoms with Gasteiger partial charge in [-0.25, -0.2) is 17.9 Å². The van der Waals surface area contributed by atoms with Gasteiger partial charge in [0.15, 0.2) is 0 Å². The molecular formula is C23H30N2O5S. The smallest absolute Gasteiger partial charge is 0.335 e. The van der Waals surface area contributed by atoms with Crippen molar-refractivity contribution >= 4 is 21.7 Å². The van der Waals surface area contributed by atoms with Gasteiger partial charge in [0.1, 0.15) is 10.6 Å². The van der Waals surface area contributed by atoms with E-state index in [0.717, 1.165) is 49.8 Å². The fourth-order valence-electron chi connectivity index (χ4n) is 3.84. The van der Waals surface area contributed by atoms with Crippen molar-refractivity contribution in [2.45, 2.75) is 55.9 Å². The second-order valence-electron chi connectivity index (χ2n) is 7.85. The van der Waals surface area contributed by atoms with Crippen LogP contribution in [0.25, 0.3) is 0 Å². The van der Waals surface area contributed by atoms with Crippen molar-refractivity contribution in [2.24, 2.45) is 0 Å². The third-order valence-corrected chi connectivity index (χ3v) is 7.14. The zero-order valence-electron chi connectivity index (χ0n) is 17.8. The van der Waals surface area contributed by atoms with E-state index in [1.54, 1.807) is 7.11 Å². The molecule has 8 heteroatoms. The van der Waals surface area contributed by atoms with Crippen LogP contribution in [-0.4, -0.2) is 39.2 Å². The van der Waals surface area contributed by atoms with Crippen LogP contribution in [0.4, 0.5) is 5.69 Å². The number of hydrogen-bond acceptors (Lipinski definition) is 5. The minimum absolute atomic E-state index is 0.0219. The van der Waals surface area contributed by atoms with Crippen LogP contribution in [0.2, 0.25) is 0 Å². The highest BCUT2D eigenvalue weighted by molar-refractivity contribution is 7.89. The molecule has 1 aliphatic carbocycles. The predicted octanol–water partition coefficient (Wildman–Crippen LogP) is 4.05. The number of nitrogens with one attached hydrogen (secondary N) is 2. The van der Waals surface area contributed by atoms with E-state index in [4.69, 9.17) is 4.74 Å². The number of anilines is 1. The first kappa shape index (κ1) is 23.1. The van der Waals surface area contributed by atoms with E-state index in [-0.39, 0.29) is 16.5 Å². The van der Waals surface area contributed by atoms with E-state index in [1.165, 1.54) is 18.2 Å². The Hall–Kier alpha value is -2.58. The monoisotopic (exact) mass is 446 g/mol. The zero-order valence-corrected chi connectivity index (χ0v) is 18.6. The van der Waals surface area contributed by atoms with Crippen LogP contribution in [0.15, 0.2) is 47.4 Å². The Bertz CT molecular complexity index is 982. The number of rotatable bonds is 9. The maximum Gasteiger partial charge on any atom is 0.335 e. The van der Waals surface area contributed by atoms with Gasteiger partial charge in [-0.1, -0.05) is 37.8 Å². The van der Waals surface area contributed by atoms with Crippen molar-refractivity contribution in [1.29, 1.82) is 0 Å². The molecule has 0 amide bonds. The summed E-state index contributed by atoms with van der Waals surface area (Å²) < 4.78 is 34.3. The van der Waals surface area contributed by atoms with Gasteiger partial charge in [-0.2, -0.15) is 0 Å². The lowest BCUT2D eigenvalue weighted by Crippen LogP contribution is -2.35. The van der Waals surface area contributed by atoms with Crippen molar-refractivity contribution in [3.05, 3.63) is 53.6 Å². The van der Waals surface area contributed by atoms with E-state index in [1.807, 2.05) is 24.3 Å². The van der Waals surface area contributed by atoms with Crippen molar-refractivity contribution in [1.82, 2.24) is 4.72 Å². The molecule has 0 heterocycles. The third kappa shape index (κ3) is 6.45. The van der Waals surface area contributed by atoms with Crippen LogP contribution in [0.5, 0.6) is 5.75 Å². The number of benzene rings is 2. The Kier molecular flexibility index (Phi) is 7.92. The molecule has 0 aromatic heterocycles. The van der Waals surface area contributed by atoms with Gasteiger partial charge in [-0.05, 0) is 55.2 Å². The number of aromatic carboxylic acids is 1. The minimum atomic E-state index is -3.86. The number of methoxy groups -OCH3 is 1. The summed E-state index contributed by atoms with van der Waals surface area (Å²) in [5, 5.41) is 12.5. The molecule has 2 aromatic carbocycles. The van der Waals surface area contributed by atoms with Gasteiger partial charge in [-0.15, -0.1) is 0 Å². The SMILES string of the molecule is COc1ccc(CCNc2ccc(C(=O)O)cc2S(=O)(=O)NC2CCCCCC2)cc1. The fourth-order valence-corrected chi connectivity index (χ4v) is 5.35. The van der Waals surface area contributed by atoms with E-state index in [2.05, 4.69) is 10.0 Å². The van der Waals surface area contributed by atoms with Crippen LogP contribution in [0.3, 0.4) is 0 Å². The molecule has 1 fully saturated rings. The molecule has 0 saturated heterocycles. The molecule has 0 spiro atoms. The molecule has 0 bridgehead atoms. The Morgan fingerprint density at radius 2 is 1.74 bits per heavy atom. The van der Waals surface area contributed by atoms with Crippen LogP contribution in [-0.2, 0) is 16.4 Å². The van der Waals surface area contributed by atoms with Crippen molar-refractivity contribution in [3.8, 4) is 5.75 Å². The van der Waals surface area contributed by atoms with E-state index in [0.29, 0.717) is 18.7 Å². The van der Waals surface area contributed by atoms with Crippen molar-refractivity contribution < 1.29 is 23.1 Å². The second kappa shape index (κ2) is 10.6. The summed E-state index contributed by atoms with van der Waals surface area (Å²) in [5.41, 5.74) is 1.43. The van der Waals surface area contributed by atoms with Gasteiger partial charge in [0, 0.05) is 12.6 Å². The third-order valence-electron chi connectivity index (χ3n) is 5.58. The Labute approximate surface area is 183 Å². The topological polar surface area (TPSA) is 105 Å². The van der Waals surface area contributed by atoms with Crippen molar-refractivity contribution in [2.75, 3.05) is 19.0 Å². The van der Waals surface area contributed by atoms with E-state index in [9.17, 15) is 18.3 Å². The van der Waals surface area contributed by atoms with Gasteiger partial charge in [-0.3, -0.25) is 0 Å². The maximum absolute atomic E-state index is 13.2. The first-order valence-corrected chi connectivity index (χ1v) is 12.1. The maximum atomic E-state index is 13.2. The summed E-state index contributed by atoms with van der Waals surface area (Å²) >= 11 is 0. The molecule has 7 nitrogen and oxygen atoms in total. The highest BCUT2D eigenvalue weighted by atomic mass is 32.2. The number of ether oxygens (including phenoxy) is 1. The normalized spacial score (nSPS) is 15.3. The zero-order chi connectivity index (χ0) is 22.3. The molecule has 1 aliphatic rings. The van der Waals surface area contributed by atoms with Crippen LogP contribution < -0.4 is 14.8 Å². The molecule has 168 valence electrons. The molecule has 0 atom stereocenters. The molecule has 31 heavy (non-hydrogen) atoms. The summed E-state index contributed by atoms with van der Waals surface area (Å²) in [6.45, 7) is 0.505. The second-order valence-corrected chi connectivity index (χ2v) is 9.53. The molecule has 2 aromatic rings. The van der Waals surface area contributed by atoms with Gasteiger partial charge in [0.05, 0.1) is 18.4 Å². The molecular weight excluding hydrogens is 416 g/mol. The van der Waals surface area contributed by atoms with Gasteiger partial charge >= 0.3 is 5.97 Å². The predicted molar refractivity (Wildman–Crippen MR) is 120 cm³/mol. The number of carbonyl (C=O) groups is 1. The molecule has 0 unspecified atom stereocenters. The molecule has 1 saturated carbocycles. The fraction of sp³-hybridized carbons (Fsp3) is 0.435. The number of hydrogen-bond donors (Lipinski definition) is 3. The standard InChI is InChI=1S/C23H30N2O5S/c1-30-20-11-8-17(9-12-20)14-15-24-21-13-10-18(23(26)27)16-22(21)31(28,29)25-19-6-4-2-3-5-7-19/h8-13,16,19,24-25H,2-7,14-15H2,1H3,(H,26,27). The first-order chi connectivity index (χ1) is 14.9. The summed E-state index contributed by atoms with van der Waals surface area (Å²) in [7, 11) is -2.25. The van der Waals surface area contributed by atoms with Crippen LogP contribution >= 0.6 is 0 Å². The average Bonchev–Trinajstić information content (AvgIpc) is 3.02. The largest absolute Gasteiger partial charge is 0.497 e. The highest BCUT2D eigenvalue weighted by Crippen LogP contribution is 2.26. The van der Waals surface area contributed by atoms with E-state index < -0.39 is 16.0 Å². The minimum Gasteiger partial charge on any atom is -0.497 e. The molecule has 3 rings (SSSR count). The molecule has 0 aliphatic heterocycles. The van der Waals surface area contributed by atoms with Crippen molar-refractivity contribution in [3.63, 3.8) is 0 Å².